The molecule has 0 fully saturated rings. The highest BCUT2D eigenvalue weighted by Crippen LogP contribution is 2.56. The molecule has 1 heterocycles. The molecular formula is C18H9F3N2O4S. The molecule has 142 valence electrons. The molecule has 2 aromatic carbocycles. The lowest BCUT2D eigenvalue weighted by Crippen LogP contribution is -2.43. The number of hydrogen-bond donors (Lipinski definition) is 1. The van der Waals surface area contributed by atoms with Gasteiger partial charge in [0, 0.05) is 11.6 Å². The van der Waals surface area contributed by atoms with E-state index in [1.807, 2.05) is 0 Å². The minimum atomic E-state index is -5.31. The molecular weight excluding hydrogens is 397 g/mol. The Labute approximate surface area is 157 Å². The predicted molar refractivity (Wildman–Crippen MR) is 88.6 cm³/mol. The van der Waals surface area contributed by atoms with Crippen molar-refractivity contribution < 1.29 is 31.4 Å². The van der Waals surface area contributed by atoms with E-state index in [0.717, 1.165) is 30.3 Å². The Morgan fingerprint density at radius 2 is 1.86 bits per heavy atom. The molecule has 0 aliphatic carbocycles. The van der Waals surface area contributed by atoms with E-state index in [9.17, 15) is 32.0 Å². The first kappa shape index (κ1) is 19.4. The number of fused-ring (bicyclic) bond motifs is 1. The van der Waals surface area contributed by atoms with E-state index in [1.165, 1.54) is 6.07 Å². The lowest BCUT2D eigenvalue weighted by atomic mass is 9.90. The molecule has 1 aliphatic heterocycles. The van der Waals surface area contributed by atoms with Crippen LogP contribution in [0.3, 0.4) is 0 Å². The second kappa shape index (κ2) is 6.09. The summed E-state index contributed by atoms with van der Waals surface area (Å²) in [5, 5.41) is 24.0. The second-order valence-electron chi connectivity index (χ2n) is 5.80. The molecule has 10 heteroatoms. The number of nitrogens with zero attached hydrogens (tertiary/aromatic N) is 2. The summed E-state index contributed by atoms with van der Waals surface area (Å²) in [7, 11) is -5.31. The van der Waals surface area contributed by atoms with Crippen molar-refractivity contribution >= 4 is 9.84 Å². The van der Waals surface area contributed by atoms with Crippen LogP contribution in [-0.2, 0) is 15.4 Å². The summed E-state index contributed by atoms with van der Waals surface area (Å²) >= 11 is 0. The van der Waals surface area contributed by atoms with Gasteiger partial charge in [0.15, 0.2) is 5.60 Å². The zero-order chi connectivity index (χ0) is 20.9. The first-order valence-corrected chi connectivity index (χ1v) is 8.96. The average molecular weight is 406 g/mol. The van der Waals surface area contributed by atoms with Crippen LogP contribution in [0.15, 0.2) is 47.9 Å². The third-order valence-electron chi connectivity index (χ3n) is 4.22. The summed E-state index contributed by atoms with van der Waals surface area (Å²) in [6.07, 6.45) is 0.330. The summed E-state index contributed by atoms with van der Waals surface area (Å²) in [5.74, 6) is -1.47. The Balaban J connectivity index is 2.27. The molecule has 0 saturated carbocycles. The van der Waals surface area contributed by atoms with Crippen LogP contribution >= 0.6 is 0 Å². The first-order chi connectivity index (χ1) is 13.0. The number of nitriles is 2. The van der Waals surface area contributed by atoms with Gasteiger partial charge < -0.3 is 9.84 Å². The molecule has 0 aromatic heterocycles. The SMILES string of the molecule is C=CC1(O)c2c(ccc(Oc3cc(F)cc(C#N)c3)c2C#N)S(=O)(=O)C1(F)F. The first-order valence-electron chi connectivity index (χ1n) is 7.48. The van der Waals surface area contributed by atoms with E-state index < -0.39 is 48.3 Å². The van der Waals surface area contributed by atoms with Gasteiger partial charge in [0.2, 0.25) is 9.84 Å². The van der Waals surface area contributed by atoms with Gasteiger partial charge in [-0.15, -0.1) is 0 Å². The molecule has 0 saturated heterocycles. The monoisotopic (exact) mass is 406 g/mol. The average Bonchev–Trinajstić information content (AvgIpc) is 2.76. The van der Waals surface area contributed by atoms with Crippen LogP contribution in [0.4, 0.5) is 13.2 Å². The van der Waals surface area contributed by atoms with E-state index >= 15 is 0 Å². The van der Waals surface area contributed by atoms with E-state index in [2.05, 4.69) is 6.58 Å². The maximum Gasteiger partial charge on any atom is 0.385 e. The third kappa shape index (κ3) is 2.39. The Kier molecular flexibility index (Phi) is 4.23. The topological polar surface area (TPSA) is 111 Å². The van der Waals surface area contributed by atoms with Gasteiger partial charge in [-0.3, -0.25) is 0 Å². The fourth-order valence-electron chi connectivity index (χ4n) is 2.89. The molecule has 0 spiro atoms. The van der Waals surface area contributed by atoms with Crippen LogP contribution in [0.1, 0.15) is 16.7 Å². The number of aliphatic hydroxyl groups is 1. The summed E-state index contributed by atoms with van der Waals surface area (Å²) in [6.45, 7) is 3.07. The zero-order valence-corrected chi connectivity index (χ0v) is 14.6. The predicted octanol–water partition coefficient (Wildman–Crippen LogP) is 3.12. The molecule has 0 radical (unpaired) electrons. The lowest BCUT2D eigenvalue weighted by molar-refractivity contribution is -0.0939. The Bertz CT molecular complexity index is 1210. The molecule has 1 unspecified atom stereocenters. The van der Waals surface area contributed by atoms with Crippen molar-refractivity contribution in [2.45, 2.75) is 15.8 Å². The van der Waals surface area contributed by atoms with Crippen molar-refractivity contribution in [3.8, 4) is 23.6 Å². The van der Waals surface area contributed by atoms with E-state index in [1.54, 1.807) is 6.07 Å². The number of rotatable bonds is 3. The number of hydrogen-bond acceptors (Lipinski definition) is 6. The Hall–Kier alpha value is -3.34. The van der Waals surface area contributed by atoms with Crippen LogP contribution < -0.4 is 4.74 Å². The Morgan fingerprint density at radius 3 is 2.43 bits per heavy atom. The van der Waals surface area contributed by atoms with E-state index in [0.29, 0.717) is 6.08 Å². The summed E-state index contributed by atoms with van der Waals surface area (Å²) in [6, 6.07) is 7.83. The lowest BCUT2D eigenvalue weighted by Gasteiger charge is -2.25. The highest BCUT2D eigenvalue weighted by Gasteiger charge is 2.70. The van der Waals surface area contributed by atoms with Gasteiger partial charge in [-0.05, 0) is 30.3 Å². The quantitative estimate of drug-likeness (QED) is 0.784. The number of halogens is 3. The van der Waals surface area contributed by atoms with Crippen LogP contribution in [0.2, 0.25) is 0 Å². The standard InChI is InChI=1S/C18H9F3N2O4S/c1-2-17(24)16-13(9-23)14(3-4-15(16)28(25,26)18(17,20)21)27-12-6-10(8-22)5-11(19)7-12/h2-7,24H,1H2. The van der Waals surface area contributed by atoms with Gasteiger partial charge in [0.25, 0.3) is 0 Å². The van der Waals surface area contributed by atoms with Gasteiger partial charge in [-0.25, -0.2) is 12.8 Å². The van der Waals surface area contributed by atoms with Crippen molar-refractivity contribution in [2.75, 3.05) is 0 Å². The molecule has 1 atom stereocenters. The summed E-state index contributed by atoms with van der Waals surface area (Å²) in [5.41, 5.74) is -5.05. The third-order valence-corrected chi connectivity index (χ3v) is 6.12. The number of benzene rings is 2. The fourth-order valence-corrected chi connectivity index (χ4v) is 4.53. The number of alkyl halides is 2. The highest BCUT2D eigenvalue weighted by atomic mass is 32.2. The van der Waals surface area contributed by atoms with Crippen molar-refractivity contribution in [2.24, 2.45) is 0 Å². The normalized spacial score (nSPS) is 21.2. The van der Waals surface area contributed by atoms with Crippen molar-refractivity contribution in [1.29, 1.82) is 10.5 Å². The van der Waals surface area contributed by atoms with Crippen LogP contribution in [0.25, 0.3) is 0 Å². The second-order valence-corrected chi connectivity index (χ2v) is 7.76. The Morgan fingerprint density at radius 1 is 1.18 bits per heavy atom. The smallest absolute Gasteiger partial charge is 0.385 e. The molecule has 6 nitrogen and oxygen atoms in total. The minimum absolute atomic E-state index is 0.105. The van der Waals surface area contributed by atoms with Crippen molar-refractivity contribution in [3.05, 3.63) is 65.5 Å². The van der Waals surface area contributed by atoms with Gasteiger partial charge in [0.05, 0.1) is 16.5 Å². The van der Waals surface area contributed by atoms with Gasteiger partial charge in [0.1, 0.15) is 28.9 Å². The maximum absolute atomic E-state index is 14.4. The van der Waals surface area contributed by atoms with Crippen molar-refractivity contribution in [1.82, 2.24) is 0 Å². The molecule has 3 rings (SSSR count). The van der Waals surface area contributed by atoms with E-state index in [4.69, 9.17) is 10.00 Å². The van der Waals surface area contributed by atoms with Crippen LogP contribution in [0, 0.1) is 28.5 Å². The molecule has 28 heavy (non-hydrogen) atoms. The molecule has 1 N–H and O–H groups in total. The van der Waals surface area contributed by atoms with Crippen LogP contribution in [0.5, 0.6) is 11.5 Å². The largest absolute Gasteiger partial charge is 0.456 e. The van der Waals surface area contributed by atoms with Gasteiger partial charge in [-0.2, -0.15) is 19.3 Å². The van der Waals surface area contributed by atoms with Gasteiger partial charge >= 0.3 is 5.25 Å². The summed E-state index contributed by atoms with van der Waals surface area (Å²) in [4.78, 5) is -0.944. The van der Waals surface area contributed by atoms with Gasteiger partial charge in [-0.1, -0.05) is 6.58 Å². The fraction of sp³-hybridized carbons (Fsp3) is 0.111. The van der Waals surface area contributed by atoms with Crippen molar-refractivity contribution in [3.63, 3.8) is 0 Å². The highest BCUT2D eigenvalue weighted by molar-refractivity contribution is 7.93. The molecule has 0 bridgehead atoms. The van der Waals surface area contributed by atoms with E-state index in [-0.39, 0.29) is 11.3 Å². The number of ether oxygens (including phenoxy) is 1. The molecule has 2 aromatic rings. The molecule has 1 aliphatic rings. The van der Waals surface area contributed by atoms with Crippen LogP contribution in [-0.4, -0.2) is 18.8 Å². The molecule has 0 amide bonds. The minimum Gasteiger partial charge on any atom is -0.456 e. The maximum atomic E-state index is 14.4. The number of sulfone groups is 1. The summed E-state index contributed by atoms with van der Waals surface area (Å²) < 4.78 is 72.1. The zero-order valence-electron chi connectivity index (χ0n) is 13.8.